The predicted molar refractivity (Wildman–Crippen MR) is 36.2 cm³/mol. The third-order valence-corrected chi connectivity index (χ3v) is 1.25. The van der Waals surface area contributed by atoms with E-state index >= 15 is 0 Å². The molecule has 0 aromatic heterocycles. The van der Waals surface area contributed by atoms with Crippen LogP contribution in [0.15, 0.2) is 0 Å². The van der Waals surface area contributed by atoms with Gasteiger partial charge in [0.1, 0.15) is 0 Å². The Morgan fingerprint density at radius 3 is 2.12 bits per heavy atom. The Bertz CT molecular complexity index is 56.4. The maximum Gasteiger partial charge on any atom is 0.0652 e. The van der Waals surface area contributed by atoms with Crippen molar-refractivity contribution >= 4 is 12.6 Å². The smallest absolute Gasteiger partial charge is 0.0652 e. The monoisotopic (exact) mass is 136 g/mol. The molecule has 0 rings (SSSR count). The van der Waals surface area contributed by atoms with Crippen molar-refractivity contribution in [1.82, 2.24) is 0 Å². The van der Waals surface area contributed by atoms with Crippen molar-refractivity contribution in [2.75, 3.05) is 5.75 Å². The van der Waals surface area contributed by atoms with Gasteiger partial charge in [-0.15, -0.1) is 0 Å². The molecule has 0 aromatic rings. The fraction of sp³-hybridized carbons (Fsp3) is 1.00. The minimum absolute atomic E-state index is 0.419. The Hall–Kier alpha value is 0.270. The molecule has 0 aliphatic carbocycles. The highest BCUT2D eigenvalue weighted by Gasteiger charge is 2.03. The van der Waals surface area contributed by atoms with Gasteiger partial charge in [-0.3, -0.25) is 0 Å². The second-order valence-electron chi connectivity index (χ2n) is 1.92. The van der Waals surface area contributed by atoms with E-state index in [2.05, 4.69) is 12.6 Å². The molecule has 0 amide bonds. The molecule has 0 aromatic carbocycles. The molecule has 0 saturated carbocycles. The quantitative estimate of drug-likeness (QED) is 0.480. The summed E-state index contributed by atoms with van der Waals surface area (Å²) >= 11 is 3.83. The van der Waals surface area contributed by atoms with Gasteiger partial charge in [-0.25, -0.2) is 0 Å². The first-order valence-electron chi connectivity index (χ1n) is 2.63. The molecule has 50 valence electrons. The molecule has 0 fully saturated rings. The highest BCUT2D eigenvalue weighted by Crippen LogP contribution is 1.97. The number of aliphatic hydroxyl groups excluding tert-OH is 2. The number of hydrogen-bond donors (Lipinski definition) is 3. The zero-order chi connectivity index (χ0) is 6.57. The zero-order valence-electron chi connectivity index (χ0n) is 4.91. The summed E-state index contributed by atoms with van der Waals surface area (Å²) in [6.07, 6.45) is -0.459. The van der Waals surface area contributed by atoms with Crippen LogP contribution < -0.4 is 0 Å². The summed E-state index contributed by atoms with van der Waals surface area (Å²) in [7, 11) is 0. The largest absolute Gasteiger partial charge is 0.393 e. The predicted octanol–water partition coefficient (Wildman–Crippen LogP) is 0.0480. The first-order chi connectivity index (χ1) is 3.66. The summed E-state index contributed by atoms with van der Waals surface area (Å²) in [5.41, 5.74) is 0. The van der Waals surface area contributed by atoms with Gasteiger partial charge in [0, 0.05) is 5.75 Å². The van der Waals surface area contributed by atoms with Gasteiger partial charge in [-0.2, -0.15) is 12.6 Å². The fourth-order valence-corrected chi connectivity index (χ4v) is 0.617. The third kappa shape index (κ3) is 4.43. The molecular formula is C5H12O2S. The van der Waals surface area contributed by atoms with Gasteiger partial charge in [-0.1, -0.05) is 0 Å². The van der Waals surface area contributed by atoms with Crippen LogP contribution in [0.25, 0.3) is 0 Å². The molecule has 2 N–H and O–H groups in total. The van der Waals surface area contributed by atoms with Crippen LogP contribution in [0.5, 0.6) is 0 Å². The van der Waals surface area contributed by atoms with E-state index in [1.54, 1.807) is 6.92 Å². The molecule has 0 heterocycles. The molecule has 2 unspecified atom stereocenters. The van der Waals surface area contributed by atoms with E-state index in [-0.39, 0.29) is 0 Å². The van der Waals surface area contributed by atoms with E-state index < -0.39 is 12.2 Å². The molecule has 2 nitrogen and oxygen atoms in total. The average Bonchev–Trinajstić information content (AvgIpc) is 1.65. The second-order valence-corrected chi connectivity index (χ2v) is 2.29. The third-order valence-electron chi connectivity index (χ3n) is 0.824. The van der Waals surface area contributed by atoms with Gasteiger partial charge in [-0.05, 0) is 13.3 Å². The van der Waals surface area contributed by atoms with Crippen molar-refractivity contribution in [3.63, 3.8) is 0 Å². The lowest BCUT2D eigenvalue weighted by atomic mass is 10.2. The summed E-state index contributed by atoms with van der Waals surface area (Å²) in [6, 6.07) is 0. The highest BCUT2D eigenvalue weighted by molar-refractivity contribution is 7.80. The Kier molecular flexibility index (Phi) is 4.32. The number of thiol groups is 1. The average molecular weight is 136 g/mol. The van der Waals surface area contributed by atoms with Crippen molar-refractivity contribution in [2.45, 2.75) is 25.6 Å². The van der Waals surface area contributed by atoms with Crippen molar-refractivity contribution in [3.8, 4) is 0 Å². The molecule has 0 radical (unpaired) electrons. The summed E-state index contributed by atoms with van der Waals surface area (Å²) in [5.74, 6) is 0.422. The van der Waals surface area contributed by atoms with Crippen molar-refractivity contribution < 1.29 is 10.2 Å². The van der Waals surface area contributed by atoms with Crippen molar-refractivity contribution in [1.29, 1.82) is 0 Å². The van der Waals surface area contributed by atoms with E-state index in [1.807, 2.05) is 0 Å². The van der Waals surface area contributed by atoms with Crippen LogP contribution in [0.2, 0.25) is 0 Å². The molecule has 0 aliphatic heterocycles. The van der Waals surface area contributed by atoms with Gasteiger partial charge >= 0.3 is 0 Å². The number of hydrogen-bond acceptors (Lipinski definition) is 3. The van der Waals surface area contributed by atoms with E-state index in [4.69, 9.17) is 10.2 Å². The van der Waals surface area contributed by atoms with Crippen LogP contribution in [0.3, 0.4) is 0 Å². The number of aliphatic hydroxyl groups is 2. The Morgan fingerprint density at radius 1 is 1.50 bits per heavy atom. The van der Waals surface area contributed by atoms with E-state index in [9.17, 15) is 0 Å². The minimum Gasteiger partial charge on any atom is -0.393 e. The molecule has 0 aliphatic rings. The Labute approximate surface area is 54.9 Å². The minimum atomic E-state index is -0.460. The van der Waals surface area contributed by atoms with Crippen molar-refractivity contribution in [3.05, 3.63) is 0 Å². The summed E-state index contributed by atoms with van der Waals surface area (Å²) in [5, 5.41) is 17.5. The first-order valence-corrected chi connectivity index (χ1v) is 3.27. The maximum absolute atomic E-state index is 8.79. The van der Waals surface area contributed by atoms with Crippen LogP contribution >= 0.6 is 12.6 Å². The second kappa shape index (κ2) is 4.18. The van der Waals surface area contributed by atoms with Crippen molar-refractivity contribution in [2.24, 2.45) is 0 Å². The molecule has 3 heteroatoms. The molecule has 8 heavy (non-hydrogen) atoms. The van der Waals surface area contributed by atoms with Crippen LogP contribution in [-0.2, 0) is 0 Å². The normalized spacial score (nSPS) is 18.0. The molecule has 0 bridgehead atoms. The topological polar surface area (TPSA) is 40.5 Å². The lowest BCUT2D eigenvalue weighted by Gasteiger charge is -2.07. The molecular weight excluding hydrogens is 124 g/mol. The SMILES string of the molecule is CC(O)CC(O)CS. The van der Waals surface area contributed by atoms with Gasteiger partial charge in [0.15, 0.2) is 0 Å². The van der Waals surface area contributed by atoms with Crippen LogP contribution in [0.1, 0.15) is 13.3 Å². The van der Waals surface area contributed by atoms with Gasteiger partial charge in [0.2, 0.25) is 0 Å². The van der Waals surface area contributed by atoms with Gasteiger partial charge in [0.25, 0.3) is 0 Å². The maximum atomic E-state index is 8.79. The fourth-order valence-electron chi connectivity index (χ4n) is 0.468. The van der Waals surface area contributed by atoms with E-state index in [1.165, 1.54) is 0 Å². The highest BCUT2D eigenvalue weighted by atomic mass is 32.1. The van der Waals surface area contributed by atoms with Crippen LogP contribution in [-0.4, -0.2) is 28.2 Å². The molecule has 0 saturated heterocycles. The Morgan fingerprint density at radius 2 is 2.00 bits per heavy atom. The Balaban J connectivity index is 3.10. The number of rotatable bonds is 3. The lowest BCUT2D eigenvalue weighted by Crippen LogP contribution is -2.15. The summed E-state index contributed by atoms with van der Waals surface area (Å²) < 4.78 is 0. The molecule has 2 atom stereocenters. The van der Waals surface area contributed by atoms with E-state index in [0.29, 0.717) is 12.2 Å². The zero-order valence-corrected chi connectivity index (χ0v) is 5.80. The lowest BCUT2D eigenvalue weighted by molar-refractivity contribution is 0.104. The summed E-state index contributed by atoms with van der Waals surface area (Å²) in [6.45, 7) is 1.65. The van der Waals surface area contributed by atoms with Crippen LogP contribution in [0.4, 0.5) is 0 Å². The van der Waals surface area contributed by atoms with Gasteiger partial charge < -0.3 is 10.2 Å². The standard InChI is InChI=1S/C5H12O2S/c1-4(6)2-5(7)3-8/h4-8H,2-3H2,1H3. The van der Waals surface area contributed by atoms with E-state index in [0.717, 1.165) is 0 Å². The first kappa shape index (κ1) is 8.27. The molecule has 0 spiro atoms. The summed E-state index contributed by atoms with van der Waals surface area (Å²) in [4.78, 5) is 0. The van der Waals surface area contributed by atoms with Gasteiger partial charge in [0.05, 0.1) is 12.2 Å². The van der Waals surface area contributed by atoms with Crippen LogP contribution in [0, 0.1) is 0 Å².